The van der Waals surface area contributed by atoms with Gasteiger partial charge in [-0.05, 0) is 54.7 Å². The molecule has 0 amide bonds. The van der Waals surface area contributed by atoms with E-state index in [1.54, 1.807) is 19.2 Å². The van der Waals surface area contributed by atoms with E-state index in [-0.39, 0.29) is 16.7 Å². The third-order valence-electron chi connectivity index (χ3n) is 3.89. The number of nitro groups is 1. The molecular weight excluding hydrogens is 280 g/mol. The Kier molecular flexibility index (Phi) is 4.78. The molecule has 0 saturated heterocycles. The lowest BCUT2D eigenvalue weighted by molar-refractivity contribution is -0.385. The predicted molar refractivity (Wildman–Crippen MR) is 86.2 cm³/mol. The lowest BCUT2D eigenvalue weighted by Gasteiger charge is -2.17. The Morgan fingerprint density at radius 3 is 2.64 bits per heavy atom. The van der Waals surface area contributed by atoms with E-state index in [4.69, 9.17) is 10.5 Å². The fourth-order valence-electron chi connectivity index (χ4n) is 2.52. The van der Waals surface area contributed by atoms with Crippen LogP contribution in [0.5, 0.6) is 5.75 Å². The van der Waals surface area contributed by atoms with Crippen molar-refractivity contribution < 1.29 is 9.66 Å². The van der Waals surface area contributed by atoms with Crippen LogP contribution in [0.4, 0.5) is 5.69 Å². The average molecular weight is 300 g/mol. The van der Waals surface area contributed by atoms with Crippen molar-refractivity contribution in [1.29, 1.82) is 0 Å². The van der Waals surface area contributed by atoms with Gasteiger partial charge in [0, 0.05) is 18.2 Å². The number of non-ortho nitro benzene ring substituents is 1. The van der Waals surface area contributed by atoms with Gasteiger partial charge in [-0.15, -0.1) is 0 Å². The molecular formula is C17H20N2O3. The molecule has 0 fully saturated rings. The second-order valence-corrected chi connectivity index (χ2v) is 5.40. The number of rotatable bonds is 5. The van der Waals surface area contributed by atoms with Gasteiger partial charge in [0.15, 0.2) is 0 Å². The number of methoxy groups -OCH3 is 1. The summed E-state index contributed by atoms with van der Waals surface area (Å²) in [5.74, 6) is 0.775. The molecule has 0 spiro atoms. The Bertz CT molecular complexity index is 698. The average Bonchev–Trinajstić information content (AvgIpc) is 2.49. The standard InChI is InChI=1S/C17H20N2O3/c1-11-7-14(19(20)21)10-16(12(11)2)17(18)9-13-5-4-6-15(8-13)22-3/h4-8,10,17H,9,18H2,1-3H3. The molecule has 2 rings (SSSR count). The third-order valence-corrected chi connectivity index (χ3v) is 3.89. The topological polar surface area (TPSA) is 78.4 Å². The molecule has 5 heteroatoms. The number of hydrogen-bond donors (Lipinski definition) is 1. The minimum atomic E-state index is -0.381. The van der Waals surface area contributed by atoms with Gasteiger partial charge in [-0.25, -0.2) is 0 Å². The van der Waals surface area contributed by atoms with E-state index in [0.717, 1.165) is 28.0 Å². The number of hydrogen-bond acceptors (Lipinski definition) is 4. The van der Waals surface area contributed by atoms with Crippen LogP contribution >= 0.6 is 0 Å². The molecule has 1 atom stereocenters. The zero-order valence-electron chi connectivity index (χ0n) is 13.0. The molecule has 0 bridgehead atoms. The van der Waals surface area contributed by atoms with Crippen LogP contribution < -0.4 is 10.5 Å². The molecule has 1 unspecified atom stereocenters. The molecule has 0 aromatic heterocycles. The first kappa shape index (κ1) is 16.0. The van der Waals surface area contributed by atoms with Crippen LogP contribution in [0.25, 0.3) is 0 Å². The first-order chi connectivity index (χ1) is 10.4. The molecule has 0 aliphatic heterocycles. The Balaban J connectivity index is 2.32. The molecule has 0 saturated carbocycles. The first-order valence-corrected chi connectivity index (χ1v) is 7.06. The van der Waals surface area contributed by atoms with E-state index < -0.39 is 0 Å². The Labute approximate surface area is 129 Å². The highest BCUT2D eigenvalue weighted by Gasteiger charge is 2.17. The molecule has 0 radical (unpaired) electrons. The van der Waals surface area contributed by atoms with Crippen LogP contribution in [0, 0.1) is 24.0 Å². The van der Waals surface area contributed by atoms with Crippen molar-refractivity contribution in [2.45, 2.75) is 26.3 Å². The largest absolute Gasteiger partial charge is 0.497 e. The van der Waals surface area contributed by atoms with Crippen LogP contribution in [0.15, 0.2) is 36.4 Å². The van der Waals surface area contributed by atoms with Gasteiger partial charge in [-0.2, -0.15) is 0 Å². The van der Waals surface area contributed by atoms with Gasteiger partial charge < -0.3 is 10.5 Å². The molecule has 116 valence electrons. The summed E-state index contributed by atoms with van der Waals surface area (Å²) >= 11 is 0. The lowest BCUT2D eigenvalue weighted by atomic mass is 9.93. The molecule has 0 aliphatic rings. The van der Waals surface area contributed by atoms with E-state index in [9.17, 15) is 10.1 Å². The van der Waals surface area contributed by atoms with Gasteiger partial charge in [0.1, 0.15) is 5.75 Å². The number of nitrogens with zero attached hydrogens (tertiary/aromatic N) is 1. The van der Waals surface area contributed by atoms with E-state index in [0.29, 0.717) is 6.42 Å². The quantitative estimate of drug-likeness (QED) is 0.677. The summed E-state index contributed by atoms with van der Waals surface area (Å²) in [6.07, 6.45) is 0.596. The lowest BCUT2D eigenvalue weighted by Crippen LogP contribution is -2.15. The van der Waals surface area contributed by atoms with E-state index >= 15 is 0 Å². The Hall–Kier alpha value is -2.40. The summed E-state index contributed by atoms with van der Waals surface area (Å²) in [4.78, 5) is 10.6. The molecule has 2 N–H and O–H groups in total. The maximum Gasteiger partial charge on any atom is 0.270 e. The molecule has 0 aliphatic carbocycles. The molecule has 2 aromatic rings. The maximum atomic E-state index is 11.0. The summed E-state index contributed by atoms with van der Waals surface area (Å²) in [5.41, 5.74) is 10.1. The zero-order chi connectivity index (χ0) is 16.3. The minimum Gasteiger partial charge on any atom is -0.497 e. The highest BCUT2D eigenvalue weighted by Crippen LogP contribution is 2.28. The molecule has 5 nitrogen and oxygen atoms in total. The molecule has 2 aromatic carbocycles. The summed E-state index contributed by atoms with van der Waals surface area (Å²) in [5, 5.41) is 11.0. The predicted octanol–water partition coefficient (Wildman–Crippen LogP) is 3.46. The SMILES string of the molecule is COc1cccc(CC(N)c2cc([N+](=O)[O-])cc(C)c2C)c1. The molecule has 22 heavy (non-hydrogen) atoms. The number of nitro benzene ring substituents is 1. The van der Waals surface area contributed by atoms with Gasteiger partial charge in [0.2, 0.25) is 0 Å². The van der Waals surface area contributed by atoms with Crippen molar-refractivity contribution >= 4 is 5.69 Å². The van der Waals surface area contributed by atoms with Crippen LogP contribution in [0.2, 0.25) is 0 Å². The molecule has 0 heterocycles. The number of benzene rings is 2. The second-order valence-electron chi connectivity index (χ2n) is 5.40. The minimum absolute atomic E-state index is 0.0826. The monoisotopic (exact) mass is 300 g/mol. The Morgan fingerprint density at radius 2 is 2.00 bits per heavy atom. The van der Waals surface area contributed by atoms with Gasteiger partial charge in [-0.3, -0.25) is 10.1 Å². The van der Waals surface area contributed by atoms with Gasteiger partial charge in [0.25, 0.3) is 5.69 Å². The van der Waals surface area contributed by atoms with Crippen molar-refractivity contribution in [2.75, 3.05) is 7.11 Å². The number of nitrogens with two attached hydrogens (primary N) is 1. The van der Waals surface area contributed by atoms with Crippen molar-refractivity contribution in [3.63, 3.8) is 0 Å². The highest BCUT2D eigenvalue weighted by molar-refractivity contribution is 5.46. The first-order valence-electron chi connectivity index (χ1n) is 7.06. The van der Waals surface area contributed by atoms with Gasteiger partial charge >= 0.3 is 0 Å². The van der Waals surface area contributed by atoms with Crippen LogP contribution in [-0.2, 0) is 6.42 Å². The third kappa shape index (κ3) is 3.43. The van der Waals surface area contributed by atoms with E-state index in [2.05, 4.69) is 0 Å². The summed E-state index contributed by atoms with van der Waals surface area (Å²) in [7, 11) is 1.62. The van der Waals surface area contributed by atoms with Crippen LogP contribution in [0.3, 0.4) is 0 Å². The van der Waals surface area contributed by atoms with Crippen molar-refractivity contribution in [3.8, 4) is 5.75 Å². The fraction of sp³-hybridized carbons (Fsp3) is 0.294. The van der Waals surface area contributed by atoms with Crippen molar-refractivity contribution in [1.82, 2.24) is 0 Å². The summed E-state index contributed by atoms with van der Waals surface area (Å²) in [6.45, 7) is 3.81. The normalized spacial score (nSPS) is 12.0. The fourth-order valence-corrected chi connectivity index (χ4v) is 2.52. The van der Waals surface area contributed by atoms with Crippen LogP contribution in [-0.4, -0.2) is 12.0 Å². The van der Waals surface area contributed by atoms with Gasteiger partial charge in [0.05, 0.1) is 12.0 Å². The number of aryl methyl sites for hydroxylation is 1. The van der Waals surface area contributed by atoms with Crippen molar-refractivity contribution in [2.24, 2.45) is 5.73 Å². The maximum absolute atomic E-state index is 11.0. The van der Waals surface area contributed by atoms with Gasteiger partial charge in [-0.1, -0.05) is 12.1 Å². The van der Waals surface area contributed by atoms with E-state index in [1.165, 1.54) is 0 Å². The number of ether oxygens (including phenoxy) is 1. The van der Waals surface area contributed by atoms with E-state index in [1.807, 2.05) is 38.1 Å². The smallest absolute Gasteiger partial charge is 0.270 e. The summed E-state index contributed by atoms with van der Waals surface area (Å²) in [6, 6.07) is 10.5. The second kappa shape index (κ2) is 6.58. The Morgan fingerprint density at radius 1 is 1.27 bits per heavy atom. The van der Waals surface area contributed by atoms with Crippen LogP contribution in [0.1, 0.15) is 28.3 Å². The van der Waals surface area contributed by atoms with Crippen molar-refractivity contribution in [3.05, 3.63) is 68.8 Å². The highest BCUT2D eigenvalue weighted by atomic mass is 16.6. The summed E-state index contributed by atoms with van der Waals surface area (Å²) < 4.78 is 5.21. The zero-order valence-corrected chi connectivity index (χ0v) is 13.0.